The Hall–Kier alpha value is -4.10. The van der Waals surface area contributed by atoms with Crippen molar-refractivity contribution in [3.63, 3.8) is 0 Å². The summed E-state index contributed by atoms with van der Waals surface area (Å²) in [6.07, 6.45) is 0. The van der Waals surface area contributed by atoms with Crippen LogP contribution in [0.4, 0.5) is 0 Å². The molecule has 5 aromatic carbocycles. The van der Waals surface area contributed by atoms with Crippen LogP contribution in [-0.4, -0.2) is 0 Å². The van der Waals surface area contributed by atoms with Crippen molar-refractivity contribution in [2.45, 2.75) is 19.8 Å². The van der Waals surface area contributed by atoms with Gasteiger partial charge in [0.25, 0.3) is 0 Å². The summed E-state index contributed by atoms with van der Waals surface area (Å²) in [5, 5.41) is 2.32. The monoisotopic (exact) mass is 438 g/mol. The number of furan rings is 1. The molecule has 0 N–H and O–H groups in total. The molecule has 0 unspecified atom stereocenters. The smallest absolute Gasteiger partial charge is 0.136 e. The maximum absolute atomic E-state index is 6.10. The summed E-state index contributed by atoms with van der Waals surface area (Å²) in [6.45, 7) is 4.46. The summed E-state index contributed by atoms with van der Waals surface area (Å²) in [5.41, 5.74) is 10.5. The van der Waals surface area contributed by atoms with Crippen LogP contribution in [0.2, 0.25) is 0 Å². The second-order valence-electron chi connectivity index (χ2n) is 9.24. The quantitative estimate of drug-likeness (QED) is 0.267. The van der Waals surface area contributed by atoms with Gasteiger partial charge in [0.2, 0.25) is 0 Å². The molecule has 0 aliphatic rings. The molecule has 1 heterocycles. The van der Waals surface area contributed by atoms with Gasteiger partial charge in [-0.05, 0) is 69.1 Å². The second kappa shape index (κ2) is 8.35. The van der Waals surface area contributed by atoms with Crippen LogP contribution in [0.25, 0.3) is 55.3 Å². The maximum atomic E-state index is 6.10. The SMILES string of the molecule is CC(C)c1ccc(-c2ccc(-c3cccc(-c4ccc5c(c4)oc4ccccc45)c3)cc2)cc1. The molecule has 1 nitrogen and oxygen atoms in total. The molecule has 34 heavy (non-hydrogen) atoms. The van der Waals surface area contributed by atoms with E-state index in [-0.39, 0.29) is 0 Å². The van der Waals surface area contributed by atoms with Gasteiger partial charge >= 0.3 is 0 Å². The Kier molecular flexibility index (Phi) is 5.04. The third kappa shape index (κ3) is 3.70. The van der Waals surface area contributed by atoms with E-state index in [2.05, 4.69) is 117 Å². The van der Waals surface area contributed by atoms with E-state index in [0.29, 0.717) is 5.92 Å². The van der Waals surface area contributed by atoms with Gasteiger partial charge in [-0.1, -0.05) is 105 Å². The van der Waals surface area contributed by atoms with Gasteiger partial charge in [-0.15, -0.1) is 0 Å². The molecule has 0 bridgehead atoms. The first-order chi connectivity index (χ1) is 16.7. The van der Waals surface area contributed by atoms with Crippen molar-refractivity contribution in [1.29, 1.82) is 0 Å². The fourth-order valence-corrected chi connectivity index (χ4v) is 4.70. The van der Waals surface area contributed by atoms with E-state index < -0.39 is 0 Å². The Labute approximate surface area is 200 Å². The summed E-state index contributed by atoms with van der Waals surface area (Å²) >= 11 is 0. The molecule has 0 atom stereocenters. The van der Waals surface area contributed by atoms with Crippen molar-refractivity contribution in [2.24, 2.45) is 0 Å². The number of fused-ring (bicyclic) bond motifs is 3. The lowest BCUT2D eigenvalue weighted by Crippen LogP contribution is -1.87. The van der Waals surface area contributed by atoms with Crippen LogP contribution in [0, 0.1) is 0 Å². The average molecular weight is 439 g/mol. The summed E-state index contributed by atoms with van der Waals surface area (Å²) in [6, 6.07) is 41.2. The predicted molar refractivity (Wildman–Crippen MR) is 144 cm³/mol. The number of benzene rings is 5. The van der Waals surface area contributed by atoms with Crippen LogP contribution in [0.5, 0.6) is 0 Å². The Bertz CT molecular complexity index is 1600. The molecule has 0 radical (unpaired) electrons. The lowest BCUT2D eigenvalue weighted by molar-refractivity contribution is 0.669. The third-order valence-electron chi connectivity index (χ3n) is 6.70. The molecular formula is C33H26O. The van der Waals surface area contributed by atoms with E-state index in [0.717, 1.165) is 27.5 Å². The highest BCUT2D eigenvalue weighted by Gasteiger charge is 2.09. The van der Waals surface area contributed by atoms with Gasteiger partial charge in [0, 0.05) is 10.8 Å². The van der Waals surface area contributed by atoms with Gasteiger partial charge in [-0.3, -0.25) is 0 Å². The Morgan fingerprint density at radius 1 is 0.441 bits per heavy atom. The first-order valence-corrected chi connectivity index (χ1v) is 11.9. The van der Waals surface area contributed by atoms with Gasteiger partial charge in [0.05, 0.1) is 0 Å². The Morgan fingerprint density at radius 2 is 0.971 bits per heavy atom. The van der Waals surface area contributed by atoms with Crippen LogP contribution in [0.1, 0.15) is 25.3 Å². The van der Waals surface area contributed by atoms with Crippen molar-refractivity contribution in [2.75, 3.05) is 0 Å². The van der Waals surface area contributed by atoms with E-state index in [1.807, 2.05) is 12.1 Å². The zero-order chi connectivity index (χ0) is 23.1. The Balaban J connectivity index is 1.31. The molecule has 0 aliphatic heterocycles. The molecule has 0 amide bonds. The highest BCUT2D eigenvalue weighted by Crippen LogP contribution is 2.34. The third-order valence-corrected chi connectivity index (χ3v) is 6.70. The predicted octanol–water partition coefficient (Wildman–Crippen LogP) is 9.71. The highest BCUT2D eigenvalue weighted by atomic mass is 16.3. The van der Waals surface area contributed by atoms with Gasteiger partial charge in [-0.2, -0.15) is 0 Å². The lowest BCUT2D eigenvalue weighted by Gasteiger charge is -2.09. The molecule has 1 aromatic heterocycles. The average Bonchev–Trinajstić information content (AvgIpc) is 3.27. The van der Waals surface area contributed by atoms with Crippen molar-refractivity contribution in [3.05, 3.63) is 121 Å². The van der Waals surface area contributed by atoms with E-state index in [9.17, 15) is 0 Å². The van der Waals surface area contributed by atoms with Gasteiger partial charge < -0.3 is 4.42 Å². The second-order valence-corrected chi connectivity index (χ2v) is 9.24. The van der Waals surface area contributed by atoms with Gasteiger partial charge in [0.1, 0.15) is 11.2 Å². The zero-order valence-corrected chi connectivity index (χ0v) is 19.5. The topological polar surface area (TPSA) is 13.1 Å². The summed E-state index contributed by atoms with van der Waals surface area (Å²) in [5.74, 6) is 0.552. The lowest BCUT2D eigenvalue weighted by atomic mass is 9.95. The van der Waals surface area contributed by atoms with Crippen molar-refractivity contribution < 1.29 is 4.42 Å². The van der Waals surface area contributed by atoms with Gasteiger partial charge in [0.15, 0.2) is 0 Å². The fraction of sp³-hybridized carbons (Fsp3) is 0.0909. The number of hydrogen-bond donors (Lipinski definition) is 0. The molecule has 0 spiro atoms. The van der Waals surface area contributed by atoms with Crippen molar-refractivity contribution in [3.8, 4) is 33.4 Å². The summed E-state index contributed by atoms with van der Waals surface area (Å²) in [4.78, 5) is 0. The van der Waals surface area contributed by atoms with Crippen LogP contribution in [0.15, 0.2) is 120 Å². The van der Waals surface area contributed by atoms with Gasteiger partial charge in [-0.25, -0.2) is 0 Å². The van der Waals surface area contributed by atoms with Crippen LogP contribution >= 0.6 is 0 Å². The van der Waals surface area contributed by atoms with Crippen LogP contribution < -0.4 is 0 Å². The normalized spacial score (nSPS) is 11.5. The minimum Gasteiger partial charge on any atom is -0.456 e. The molecule has 0 saturated heterocycles. The highest BCUT2D eigenvalue weighted by molar-refractivity contribution is 6.05. The molecule has 6 aromatic rings. The van der Waals surface area contributed by atoms with Crippen molar-refractivity contribution in [1.82, 2.24) is 0 Å². The first-order valence-electron chi connectivity index (χ1n) is 11.9. The molecule has 6 rings (SSSR count). The molecule has 0 saturated carbocycles. The van der Waals surface area contributed by atoms with Crippen LogP contribution in [0.3, 0.4) is 0 Å². The summed E-state index contributed by atoms with van der Waals surface area (Å²) in [7, 11) is 0. The molecule has 1 heteroatoms. The van der Waals surface area contributed by atoms with E-state index >= 15 is 0 Å². The standard InChI is InChI=1S/C33H26O/c1-22(2)23-10-12-24(13-11-23)25-14-16-26(17-15-25)27-6-5-7-28(20-27)29-18-19-31-30-8-3-4-9-32(30)34-33(31)21-29/h3-22H,1-2H3. The Morgan fingerprint density at radius 3 is 1.68 bits per heavy atom. The summed E-state index contributed by atoms with van der Waals surface area (Å²) < 4.78 is 6.10. The number of rotatable bonds is 4. The number of para-hydroxylation sites is 1. The van der Waals surface area contributed by atoms with Crippen molar-refractivity contribution >= 4 is 21.9 Å². The first kappa shape index (κ1) is 20.5. The molecule has 0 fully saturated rings. The number of hydrogen-bond acceptors (Lipinski definition) is 1. The minimum atomic E-state index is 0.552. The molecule has 0 aliphatic carbocycles. The van der Waals surface area contributed by atoms with Crippen LogP contribution in [-0.2, 0) is 0 Å². The maximum Gasteiger partial charge on any atom is 0.136 e. The van der Waals surface area contributed by atoms with E-state index in [1.165, 1.54) is 33.4 Å². The zero-order valence-electron chi connectivity index (χ0n) is 19.5. The molecule has 164 valence electrons. The van der Waals surface area contributed by atoms with E-state index in [1.54, 1.807) is 0 Å². The fourth-order valence-electron chi connectivity index (χ4n) is 4.70. The largest absolute Gasteiger partial charge is 0.456 e. The molecular weight excluding hydrogens is 412 g/mol. The van der Waals surface area contributed by atoms with E-state index in [4.69, 9.17) is 4.42 Å². The minimum absolute atomic E-state index is 0.552.